The van der Waals surface area contributed by atoms with Gasteiger partial charge in [0.2, 0.25) is 5.91 Å². The number of likely N-dealkylation sites (tertiary alicyclic amines) is 1. The Kier molecular flexibility index (Phi) is 6.40. The molecular formula is C22H29N5O3. The number of carbonyl (C=O) groups is 2. The fourth-order valence-electron chi connectivity index (χ4n) is 4.69. The number of carboxylic acids is 1. The Morgan fingerprint density at radius 1 is 1.03 bits per heavy atom. The smallest absolute Gasteiger partial charge is 0.306 e. The van der Waals surface area contributed by atoms with E-state index in [2.05, 4.69) is 15.3 Å². The molecule has 1 saturated heterocycles. The highest BCUT2D eigenvalue weighted by atomic mass is 16.4. The second-order valence-corrected chi connectivity index (χ2v) is 8.55. The SMILES string of the molecule is O=C(O)C1CCC(CC(=O)N2CCCC(n3cc(-c4ccncc4)nn3)CC2)CC1. The van der Waals surface area contributed by atoms with Crippen molar-refractivity contribution in [3.63, 3.8) is 0 Å². The minimum absolute atomic E-state index is 0.213. The van der Waals surface area contributed by atoms with Crippen molar-refractivity contribution in [3.8, 4) is 11.3 Å². The van der Waals surface area contributed by atoms with Crippen LogP contribution in [0.2, 0.25) is 0 Å². The van der Waals surface area contributed by atoms with Crippen molar-refractivity contribution < 1.29 is 14.7 Å². The fourth-order valence-corrected chi connectivity index (χ4v) is 4.69. The zero-order valence-electron chi connectivity index (χ0n) is 17.2. The monoisotopic (exact) mass is 411 g/mol. The molecule has 1 unspecified atom stereocenters. The quantitative estimate of drug-likeness (QED) is 0.811. The molecule has 2 aliphatic rings. The van der Waals surface area contributed by atoms with Gasteiger partial charge >= 0.3 is 5.97 Å². The van der Waals surface area contributed by atoms with Gasteiger partial charge in [0.05, 0.1) is 18.2 Å². The average Bonchev–Trinajstić information content (AvgIpc) is 3.12. The van der Waals surface area contributed by atoms with E-state index < -0.39 is 5.97 Å². The molecule has 2 fully saturated rings. The normalized spacial score (nSPS) is 24.9. The highest BCUT2D eigenvalue weighted by Crippen LogP contribution is 2.32. The van der Waals surface area contributed by atoms with E-state index in [1.165, 1.54) is 0 Å². The maximum atomic E-state index is 12.8. The topological polar surface area (TPSA) is 101 Å². The number of pyridine rings is 1. The van der Waals surface area contributed by atoms with Gasteiger partial charge in [0.25, 0.3) is 0 Å². The van der Waals surface area contributed by atoms with Crippen LogP contribution in [0.15, 0.2) is 30.7 Å². The molecule has 2 aromatic heterocycles. The molecule has 3 heterocycles. The summed E-state index contributed by atoms with van der Waals surface area (Å²) in [6, 6.07) is 4.09. The van der Waals surface area contributed by atoms with Crippen molar-refractivity contribution in [2.75, 3.05) is 13.1 Å². The van der Waals surface area contributed by atoms with Gasteiger partial charge in [0.15, 0.2) is 0 Å². The van der Waals surface area contributed by atoms with Crippen molar-refractivity contribution in [2.45, 2.75) is 57.4 Å². The maximum absolute atomic E-state index is 12.8. The van der Waals surface area contributed by atoms with Gasteiger partial charge in [0, 0.05) is 37.5 Å². The molecule has 8 nitrogen and oxygen atoms in total. The molecule has 0 bridgehead atoms. The molecule has 1 aliphatic carbocycles. The zero-order chi connectivity index (χ0) is 20.9. The first-order valence-electron chi connectivity index (χ1n) is 10.9. The Morgan fingerprint density at radius 3 is 2.53 bits per heavy atom. The summed E-state index contributed by atoms with van der Waals surface area (Å²) in [6.07, 6.45) is 11.9. The van der Waals surface area contributed by atoms with Crippen LogP contribution in [0.1, 0.15) is 57.4 Å². The third-order valence-electron chi connectivity index (χ3n) is 6.57. The van der Waals surface area contributed by atoms with Crippen molar-refractivity contribution in [1.29, 1.82) is 0 Å². The molecule has 4 rings (SSSR count). The van der Waals surface area contributed by atoms with Crippen LogP contribution in [-0.2, 0) is 9.59 Å². The molecule has 1 atom stereocenters. The molecule has 1 amide bonds. The maximum Gasteiger partial charge on any atom is 0.306 e. The van der Waals surface area contributed by atoms with Crippen molar-refractivity contribution in [1.82, 2.24) is 24.9 Å². The lowest BCUT2D eigenvalue weighted by Gasteiger charge is -2.28. The van der Waals surface area contributed by atoms with Gasteiger partial charge in [-0.1, -0.05) is 5.21 Å². The summed E-state index contributed by atoms with van der Waals surface area (Å²) in [5, 5.41) is 17.8. The zero-order valence-corrected chi connectivity index (χ0v) is 17.2. The van der Waals surface area contributed by atoms with E-state index in [-0.39, 0.29) is 17.9 Å². The van der Waals surface area contributed by atoms with Crippen LogP contribution in [0.5, 0.6) is 0 Å². The van der Waals surface area contributed by atoms with Crippen LogP contribution in [0.4, 0.5) is 0 Å². The van der Waals surface area contributed by atoms with E-state index in [0.29, 0.717) is 25.2 Å². The fraction of sp³-hybridized carbons (Fsp3) is 0.591. The second kappa shape index (κ2) is 9.36. The minimum atomic E-state index is -0.696. The first-order chi connectivity index (χ1) is 14.6. The summed E-state index contributed by atoms with van der Waals surface area (Å²) in [5.74, 6) is -0.385. The molecule has 0 aromatic carbocycles. The molecule has 160 valence electrons. The molecule has 30 heavy (non-hydrogen) atoms. The lowest BCUT2D eigenvalue weighted by molar-refractivity contribution is -0.143. The van der Waals surface area contributed by atoms with E-state index >= 15 is 0 Å². The number of carboxylic acid groups (broad SMARTS) is 1. The van der Waals surface area contributed by atoms with Crippen LogP contribution in [0, 0.1) is 11.8 Å². The molecule has 1 saturated carbocycles. The summed E-state index contributed by atoms with van der Waals surface area (Å²) in [4.78, 5) is 30.0. The van der Waals surface area contributed by atoms with Crippen LogP contribution in [-0.4, -0.2) is 55.0 Å². The summed E-state index contributed by atoms with van der Waals surface area (Å²) in [6.45, 7) is 1.52. The first-order valence-corrected chi connectivity index (χ1v) is 10.9. The first kappa shape index (κ1) is 20.5. The van der Waals surface area contributed by atoms with E-state index in [9.17, 15) is 9.59 Å². The number of amides is 1. The number of aromatic nitrogens is 4. The van der Waals surface area contributed by atoms with Gasteiger partial charge in [0.1, 0.15) is 5.69 Å². The van der Waals surface area contributed by atoms with Crippen LogP contribution < -0.4 is 0 Å². The van der Waals surface area contributed by atoms with Crippen molar-refractivity contribution >= 4 is 11.9 Å². The van der Waals surface area contributed by atoms with Crippen molar-refractivity contribution in [2.24, 2.45) is 11.8 Å². The number of carbonyl (C=O) groups excluding carboxylic acids is 1. The number of nitrogens with zero attached hydrogens (tertiary/aromatic N) is 5. The Labute approximate surface area is 176 Å². The Bertz CT molecular complexity index is 861. The number of rotatable bonds is 5. The summed E-state index contributed by atoms with van der Waals surface area (Å²) < 4.78 is 1.94. The van der Waals surface area contributed by atoms with Gasteiger partial charge in [-0.3, -0.25) is 14.6 Å². The van der Waals surface area contributed by atoms with E-state index in [1.807, 2.05) is 27.9 Å². The molecule has 0 radical (unpaired) electrons. The molecule has 2 aromatic rings. The highest BCUT2D eigenvalue weighted by Gasteiger charge is 2.29. The third-order valence-corrected chi connectivity index (χ3v) is 6.57. The average molecular weight is 412 g/mol. The molecule has 0 spiro atoms. The Balaban J connectivity index is 1.29. The highest BCUT2D eigenvalue weighted by molar-refractivity contribution is 5.76. The Morgan fingerprint density at radius 2 is 1.80 bits per heavy atom. The standard InChI is InChI=1S/C22H29N5O3/c28-21(14-16-3-5-18(6-4-16)22(29)30)26-12-1-2-19(9-13-26)27-15-20(24-25-27)17-7-10-23-11-8-17/h7-8,10-11,15-16,18-19H,1-6,9,12-14H2,(H,29,30). The lowest BCUT2D eigenvalue weighted by atomic mass is 9.80. The van der Waals surface area contributed by atoms with E-state index in [4.69, 9.17) is 5.11 Å². The van der Waals surface area contributed by atoms with Crippen LogP contribution in [0.25, 0.3) is 11.3 Å². The second-order valence-electron chi connectivity index (χ2n) is 8.55. The van der Waals surface area contributed by atoms with Crippen LogP contribution in [0.3, 0.4) is 0 Å². The van der Waals surface area contributed by atoms with Gasteiger partial charge < -0.3 is 10.0 Å². The van der Waals surface area contributed by atoms with Gasteiger partial charge in [-0.15, -0.1) is 5.10 Å². The molecule has 8 heteroatoms. The van der Waals surface area contributed by atoms with Gasteiger partial charge in [-0.25, -0.2) is 4.68 Å². The van der Waals surface area contributed by atoms with E-state index in [0.717, 1.165) is 56.5 Å². The van der Waals surface area contributed by atoms with Crippen molar-refractivity contribution in [3.05, 3.63) is 30.7 Å². The number of hydrogen-bond acceptors (Lipinski definition) is 5. The molecule has 1 aliphatic heterocycles. The Hall–Kier alpha value is -2.77. The van der Waals surface area contributed by atoms with E-state index in [1.54, 1.807) is 12.4 Å². The predicted molar refractivity (Wildman–Crippen MR) is 110 cm³/mol. The molecular weight excluding hydrogens is 382 g/mol. The number of aliphatic carboxylic acids is 1. The summed E-state index contributed by atoms with van der Waals surface area (Å²) >= 11 is 0. The lowest BCUT2D eigenvalue weighted by Crippen LogP contribution is -2.34. The van der Waals surface area contributed by atoms with Gasteiger partial charge in [-0.05, 0) is 63.0 Å². The predicted octanol–water partition coefficient (Wildman–Crippen LogP) is 3.17. The van der Waals surface area contributed by atoms with Gasteiger partial charge in [-0.2, -0.15) is 0 Å². The third kappa shape index (κ3) is 4.86. The number of hydrogen-bond donors (Lipinski definition) is 1. The molecule has 1 N–H and O–H groups in total. The summed E-state index contributed by atoms with van der Waals surface area (Å²) in [7, 11) is 0. The van der Waals surface area contributed by atoms with Crippen LogP contribution >= 0.6 is 0 Å². The minimum Gasteiger partial charge on any atom is -0.481 e. The largest absolute Gasteiger partial charge is 0.481 e. The summed E-state index contributed by atoms with van der Waals surface area (Å²) in [5.41, 5.74) is 1.84.